The molecule has 3 rings (SSSR count). The quantitative estimate of drug-likeness (QED) is 0.312. The van der Waals surface area contributed by atoms with E-state index >= 15 is 0 Å². The first-order valence-electron chi connectivity index (χ1n) is 9.61. The summed E-state index contributed by atoms with van der Waals surface area (Å²) in [4.78, 5) is 0. The number of hydrogen-bond acceptors (Lipinski definition) is 0. The zero-order chi connectivity index (χ0) is 15.2. The van der Waals surface area contributed by atoms with E-state index in [4.69, 9.17) is 0 Å². The third kappa shape index (κ3) is 3.67. The van der Waals surface area contributed by atoms with Crippen LogP contribution < -0.4 is 0 Å². The van der Waals surface area contributed by atoms with Gasteiger partial charge in [0, 0.05) is 0 Å². The lowest BCUT2D eigenvalue weighted by molar-refractivity contribution is 0.438. The normalized spacial score (nSPS) is 26.3. The van der Waals surface area contributed by atoms with Gasteiger partial charge in [0.1, 0.15) is 0 Å². The lowest BCUT2D eigenvalue weighted by Crippen LogP contribution is -2.39. The number of benzene rings is 1. The van der Waals surface area contributed by atoms with E-state index in [0.717, 1.165) is 18.3 Å². The second-order valence-corrected chi connectivity index (χ2v) is 7.47. The summed E-state index contributed by atoms with van der Waals surface area (Å²) in [6, 6.07) is 11.3. The summed E-state index contributed by atoms with van der Waals surface area (Å²) < 4.78 is 0. The number of hydrogen-bond donors (Lipinski definition) is 0. The molecule has 2 bridgehead atoms. The monoisotopic (exact) mass is 294 g/mol. The van der Waals surface area contributed by atoms with Crippen molar-refractivity contribution in [1.82, 2.24) is 0 Å². The van der Waals surface area contributed by atoms with E-state index in [0.29, 0.717) is 5.82 Å². The second kappa shape index (κ2) is 8.04. The number of rotatable bonds is 6. The van der Waals surface area contributed by atoms with E-state index in [1.54, 1.807) is 5.56 Å². The van der Waals surface area contributed by atoms with Crippen molar-refractivity contribution in [2.24, 2.45) is 0 Å². The predicted octanol–water partition coefficient (Wildman–Crippen LogP) is 6.66. The summed E-state index contributed by atoms with van der Waals surface area (Å²) >= 11 is 0. The van der Waals surface area contributed by atoms with E-state index in [1.807, 2.05) is 0 Å². The van der Waals surface area contributed by atoms with Crippen LogP contribution in [0.2, 0.25) is 11.6 Å². The molecule has 1 heteroatoms. The van der Waals surface area contributed by atoms with Crippen molar-refractivity contribution in [2.45, 2.75) is 82.2 Å². The second-order valence-electron chi connectivity index (χ2n) is 7.47. The Bertz CT molecular complexity index is 442. The van der Waals surface area contributed by atoms with Gasteiger partial charge in [0.15, 0.2) is 6.71 Å². The standard InChI is InChI=1S/C21H31B/c1-2-3-4-8-17-21(18-11-6-5-7-12-18)22-19-13-9-14-20(22)16-10-15-19/h5-8,11-12,17,19-21H,2-4,9-10,13-16H2,1H3/b17-8+. The van der Waals surface area contributed by atoms with Gasteiger partial charge in [-0.3, -0.25) is 0 Å². The largest absolute Gasteiger partial charge is 0.159 e. The molecule has 0 saturated carbocycles. The fourth-order valence-corrected chi connectivity index (χ4v) is 5.02. The fraction of sp³-hybridized carbons (Fsp3) is 0.619. The van der Waals surface area contributed by atoms with E-state index in [9.17, 15) is 0 Å². The van der Waals surface area contributed by atoms with Crippen molar-refractivity contribution < 1.29 is 0 Å². The first-order chi connectivity index (χ1) is 10.9. The highest BCUT2D eigenvalue weighted by atomic mass is 14.3. The summed E-state index contributed by atoms with van der Waals surface area (Å²) in [5, 5.41) is 0. The summed E-state index contributed by atoms with van der Waals surface area (Å²) in [6.07, 6.45) is 17.8. The van der Waals surface area contributed by atoms with Gasteiger partial charge in [-0.25, -0.2) is 0 Å². The molecular weight excluding hydrogens is 263 g/mol. The minimum atomic E-state index is 0.661. The molecule has 0 spiro atoms. The Balaban J connectivity index is 1.82. The molecule has 0 N–H and O–H groups in total. The molecule has 0 radical (unpaired) electrons. The highest BCUT2D eigenvalue weighted by Crippen LogP contribution is 2.51. The topological polar surface area (TPSA) is 0 Å². The Morgan fingerprint density at radius 1 is 1.05 bits per heavy atom. The van der Waals surface area contributed by atoms with Crippen LogP contribution in [0, 0.1) is 0 Å². The molecule has 118 valence electrons. The molecule has 0 amide bonds. The van der Waals surface area contributed by atoms with Crippen molar-refractivity contribution in [2.75, 3.05) is 0 Å². The van der Waals surface area contributed by atoms with Gasteiger partial charge in [-0.1, -0.05) is 112 Å². The number of fused-ring (bicyclic) bond motifs is 2. The molecular formula is C21H31B. The molecule has 2 heterocycles. The van der Waals surface area contributed by atoms with Crippen molar-refractivity contribution in [3.05, 3.63) is 48.0 Å². The highest BCUT2D eigenvalue weighted by Gasteiger charge is 2.43. The van der Waals surface area contributed by atoms with E-state index < -0.39 is 0 Å². The maximum absolute atomic E-state index is 2.58. The van der Waals surface area contributed by atoms with Gasteiger partial charge in [0.05, 0.1) is 0 Å². The highest BCUT2D eigenvalue weighted by molar-refractivity contribution is 6.64. The Morgan fingerprint density at radius 2 is 1.68 bits per heavy atom. The molecule has 2 fully saturated rings. The van der Waals surface area contributed by atoms with Gasteiger partial charge in [0.2, 0.25) is 0 Å². The van der Waals surface area contributed by atoms with Gasteiger partial charge in [-0.15, -0.1) is 0 Å². The molecule has 1 aromatic rings. The van der Waals surface area contributed by atoms with E-state index in [2.05, 4.69) is 49.4 Å². The molecule has 22 heavy (non-hydrogen) atoms. The zero-order valence-corrected chi connectivity index (χ0v) is 14.2. The third-order valence-corrected chi connectivity index (χ3v) is 6.06. The van der Waals surface area contributed by atoms with Gasteiger partial charge < -0.3 is 0 Å². The smallest absolute Gasteiger partial charge is 0.0886 e. The van der Waals surface area contributed by atoms with Crippen LogP contribution in [0.4, 0.5) is 0 Å². The summed E-state index contributed by atoms with van der Waals surface area (Å²) in [7, 11) is 0. The minimum absolute atomic E-state index is 0.661. The molecule has 0 nitrogen and oxygen atoms in total. The fourth-order valence-electron chi connectivity index (χ4n) is 5.02. The lowest BCUT2D eigenvalue weighted by Gasteiger charge is -2.44. The van der Waals surface area contributed by atoms with Crippen molar-refractivity contribution in [1.29, 1.82) is 0 Å². The van der Waals surface area contributed by atoms with Crippen LogP contribution in [-0.4, -0.2) is 6.71 Å². The Hall–Kier alpha value is -0.975. The average molecular weight is 294 g/mol. The van der Waals surface area contributed by atoms with Gasteiger partial charge in [-0.2, -0.15) is 0 Å². The first kappa shape index (κ1) is 15.9. The zero-order valence-electron chi connectivity index (χ0n) is 14.2. The van der Waals surface area contributed by atoms with Crippen LogP contribution in [0.3, 0.4) is 0 Å². The van der Waals surface area contributed by atoms with Crippen molar-refractivity contribution in [3.63, 3.8) is 0 Å². The molecule has 1 aromatic carbocycles. The molecule has 1 unspecified atom stereocenters. The van der Waals surface area contributed by atoms with Gasteiger partial charge in [0.25, 0.3) is 0 Å². The Labute approximate surface area is 137 Å². The molecule has 1 atom stereocenters. The average Bonchev–Trinajstić information content (AvgIpc) is 2.55. The molecule has 2 aliphatic heterocycles. The van der Waals surface area contributed by atoms with Gasteiger partial charge in [-0.05, 0) is 17.8 Å². The van der Waals surface area contributed by atoms with Crippen LogP contribution in [0.1, 0.15) is 76.1 Å². The predicted molar refractivity (Wildman–Crippen MR) is 98.8 cm³/mol. The SMILES string of the molecule is CCCC/C=C/C(B1C2CCCC1CCC2)c1ccccc1. The summed E-state index contributed by atoms with van der Waals surface area (Å²) in [5.41, 5.74) is 1.55. The maximum atomic E-state index is 2.58. The Morgan fingerprint density at radius 3 is 2.27 bits per heavy atom. The maximum Gasteiger partial charge on any atom is 0.159 e. The Kier molecular flexibility index (Phi) is 5.81. The molecule has 2 aliphatic rings. The first-order valence-corrected chi connectivity index (χ1v) is 9.61. The summed E-state index contributed by atoms with van der Waals surface area (Å²) in [5.74, 6) is 2.62. The molecule has 0 aliphatic carbocycles. The van der Waals surface area contributed by atoms with E-state index in [1.165, 1.54) is 57.8 Å². The van der Waals surface area contributed by atoms with Crippen LogP contribution in [-0.2, 0) is 0 Å². The third-order valence-electron chi connectivity index (χ3n) is 6.06. The number of unbranched alkanes of at least 4 members (excludes halogenated alkanes) is 2. The lowest BCUT2D eigenvalue weighted by atomic mass is 9.22. The number of allylic oxidation sites excluding steroid dienone is 2. The van der Waals surface area contributed by atoms with Crippen LogP contribution in [0.15, 0.2) is 42.5 Å². The molecule has 0 aromatic heterocycles. The van der Waals surface area contributed by atoms with E-state index in [-0.39, 0.29) is 0 Å². The van der Waals surface area contributed by atoms with Gasteiger partial charge >= 0.3 is 0 Å². The van der Waals surface area contributed by atoms with Crippen LogP contribution in [0.25, 0.3) is 0 Å². The van der Waals surface area contributed by atoms with Crippen molar-refractivity contribution in [3.8, 4) is 0 Å². The minimum Gasteiger partial charge on any atom is -0.0886 e. The molecule has 2 saturated heterocycles. The summed E-state index contributed by atoms with van der Waals surface area (Å²) in [6.45, 7) is 3.19. The van der Waals surface area contributed by atoms with Crippen molar-refractivity contribution >= 4 is 6.71 Å². The van der Waals surface area contributed by atoms with Crippen LogP contribution >= 0.6 is 0 Å². The van der Waals surface area contributed by atoms with Crippen LogP contribution in [0.5, 0.6) is 0 Å².